The second kappa shape index (κ2) is 4.94. The summed E-state index contributed by atoms with van der Waals surface area (Å²) in [6, 6.07) is 7.72. The first-order valence-corrected chi connectivity index (χ1v) is 6.94. The second-order valence-electron chi connectivity index (χ2n) is 5.51. The Hall–Kier alpha value is -1.39. The van der Waals surface area contributed by atoms with Crippen LogP contribution in [-0.4, -0.2) is 41.7 Å². The van der Waals surface area contributed by atoms with Gasteiger partial charge in [-0.3, -0.25) is 4.79 Å². The summed E-state index contributed by atoms with van der Waals surface area (Å²) in [7, 11) is 1.80. The van der Waals surface area contributed by atoms with E-state index in [0.29, 0.717) is 6.42 Å². The predicted molar refractivity (Wildman–Crippen MR) is 72.7 cm³/mol. The highest BCUT2D eigenvalue weighted by atomic mass is 16.3. The number of carbonyl (C=O) groups is 1. The molecule has 19 heavy (non-hydrogen) atoms. The minimum Gasteiger partial charge on any atom is -0.390 e. The molecule has 3 atom stereocenters. The average Bonchev–Trinajstić information content (AvgIpc) is 3.03. The lowest BCUT2D eigenvalue weighted by atomic mass is 10.1. The van der Waals surface area contributed by atoms with Crippen molar-refractivity contribution in [2.24, 2.45) is 0 Å². The molecule has 0 aromatic heterocycles. The fraction of sp³-hybridized carbons (Fsp3) is 0.533. The molecule has 1 heterocycles. The highest BCUT2D eigenvalue weighted by Gasteiger charge is 2.38. The molecule has 3 rings (SSSR count). The number of fused-ring (bicyclic) bond motifs is 1. The number of aliphatic hydroxyl groups is 1. The number of nitrogens with one attached hydrogen (secondary N) is 1. The van der Waals surface area contributed by atoms with E-state index in [-0.39, 0.29) is 18.0 Å². The largest absolute Gasteiger partial charge is 0.390 e. The standard InChI is InChI=1S/C15H20N2O2/c1-17(15(19)12-7-4-8-16-12)14-11-6-3-2-5-10(11)9-13(14)18/h2-3,5-6,12-14,16,18H,4,7-9H2,1H3/t12-,13+,14-/m0/s1. The van der Waals surface area contributed by atoms with E-state index in [1.165, 1.54) is 0 Å². The van der Waals surface area contributed by atoms with E-state index >= 15 is 0 Å². The van der Waals surface area contributed by atoms with E-state index in [9.17, 15) is 9.90 Å². The molecule has 1 amide bonds. The van der Waals surface area contributed by atoms with Crippen LogP contribution in [-0.2, 0) is 11.2 Å². The number of nitrogens with zero attached hydrogens (tertiary/aromatic N) is 1. The van der Waals surface area contributed by atoms with Gasteiger partial charge in [0.15, 0.2) is 0 Å². The summed E-state index contributed by atoms with van der Waals surface area (Å²) in [5.74, 6) is 0.0956. The van der Waals surface area contributed by atoms with E-state index in [1.807, 2.05) is 24.3 Å². The van der Waals surface area contributed by atoms with Gasteiger partial charge in [-0.15, -0.1) is 0 Å². The maximum absolute atomic E-state index is 12.4. The van der Waals surface area contributed by atoms with Gasteiger partial charge in [-0.1, -0.05) is 24.3 Å². The summed E-state index contributed by atoms with van der Waals surface area (Å²) < 4.78 is 0. The Morgan fingerprint density at radius 1 is 1.42 bits per heavy atom. The third-order valence-electron chi connectivity index (χ3n) is 4.29. The molecule has 2 aliphatic rings. The number of aliphatic hydroxyl groups excluding tert-OH is 1. The number of likely N-dealkylation sites (N-methyl/N-ethyl adjacent to an activating group) is 1. The van der Waals surface area contributed by atoms with Gasteiger partial charge in [0.05, 0.1) is 18.2 Å². The molecule has 1 aromatic rings. The molecule has 1 aliphatic carbocycles. The molecule has 0 bridgehead atoms. The summed E-state index contributed by atoms with van der Waals surface area (Å²) in [5, 5.41) is 13.5. The van der Waals surface area contributed by atoms with E-state index in [0.717, 1.165) is 30.5 Å². The van der Waals surface area contributed by atoms with E-state index in [4.69, 9.17) is 0 Å². The van der Waals surface area contributed by atoms with Crippen molar-refractivity contribution in [1.29, 1.82) is 0 Å². The van der Waals surface area contributed by atoms with Gasteiger partial charge in [0.1, 0.15) is 0 Å². The number of benzene rings is 1. The van der Waals surface area contributed by atoms with Crippen LogP contribution in [0.15, 0.2) is 24.3 Å². The number of hydrogen-bond acceptors (Lipinski definition) is 3. The van der Waals surface area contributed by atoms with Crippen LogP contribution in [0, 0.1) is 0 Å². The molecule has 2 N–H and O–H groups in total. The Labute approximate surface area is 113 Å². The van der Waals surface area contributed by atoms with Crippen LogP contribution in [0.25, 0.3) is 0 Å². The molecule has 1 aliphatic heterocycles. The lowest BCUT2D eigenvalue weighted by Gasteiger charge is -2.30. The first-order valence-electron chi connectivity index (χ1n) is 6.94. The zero-order valence-corrected chi connectivity index (χ0v) is 11.2. The molecule has 1 aromatic carbocycles. The van der Waals surface area contributed by atoms with Crippen molar-refractivity contribution < 1.29 is 9.90 Å². The Morgan fingerprint density at radius 2 is 2.21 bits per heavy atom. The van der Waals surface area contributed by atoms with Crippen molar-refractivity contribution in [2.75, 3.05) is 13.6 Å². The third-order valence-corrected chi connectivity index (χ3v) is 4.29. The van der Waals surface area contributed by atoms with Gasteiger partial charge < -0.3 is 15.3 Å². The summed E-state index contributed by atoms with van der Waals surface area (Å²) >= 11 is 0. The number of rotatable bonds is 2. The van der Waals surface area contributed by atoms with Crippen molar-refractivity contribution in [3.8, 4) is 0 Å². The van der Waals surface area contributed by atoms with E-state index in [2.05, 4.69) is 5.32 Å². The van der Waals surface area contributed by atoms with Gasteiger partial charge in [-0.25, -0.2) is 0 Å². The van der Waals surface area contributed by atoms with Crippen LogP contribution in [0.2, 0.25) is 0 Å². The number of amides is 1. The summed E-state index contributed by atoms with van der Waals surface area (Å²) in [5.41, 5.74) is 2.24. The molecular weight excluding hydrogens is 240 g/mol. The smallest absolute Gasteiger partial charge is 0.240 e. The monoisotopic (exact) mass is 260 g/mol. The quantitative estimate of drug-likeness (QED) is 0.829. The second-order valence-corrected chi connectivity index (χ2v) is 5.51. The zero-order valence-electron chi connectivity index (χ0n) is 11.2. The van der Waals surface area contributed by atoms with Crippen LogP contribution in [0.5, 0.6) is 0 Å². The highest BCUT2D eigenvalue weighted by molar-refractivity contribution is 5.82. The van der Waals surface area contributed by atoms with Crippen molar-refractivity contribution in [3.63, 3.8) is 0 Å². The number of carbonyl (C=O) groups excluding carboxylic acids is 1. The Balaban J connectivity index is 1.83. The first-order chi connectivity index (χ1) is 9.18. The van der Waals surface area contributed by atoms with Crippen LogP contribution >= 0.6 is 0 Å². The van der Waals surface area contributed by atoms with Crippen LogP contribution < -0.4 is 5.32 Å². The lowest BCUT2D eigenvalue weighted by molar-refractivity contribution is -0.136. The van der Waals surface area contributed by atoms with Crippen LogP contribution in [0.3, 0.4) is 0 Å². The van der Waals surface area contributed by atoms with Crippen molar-refractivity contribution >= 4 is 5.91 Å². The molecule has 0 radical (unpaired) electrons. The minimum absolute atomic E-state index is 0.0787. The molecule has 0 saturated carbocycles. The summed E-state index contributed by atoms with van der Waals surface area (Å²) in [6.07, 6.45) is 2.09. The zero-order chi connectivity index (χ0) is 13.4. The predicted octanol–water partition coefficient (Wildman–Crippen LogP) is 0.855. The first kappa shape index (κ1) is 12.6. The number of hydrogen-bond donors (Lipinski definition) is 2. The summed E-state index contributed by atoms with van der Waals surface area (Å²) in [4.78, 5) is 14.2. The molecule has 4 heteroatoms. The van der Waals surface area contributed by atoms with Gasteiger partial charge in [0, 0.05) is 13.5 Å². The fourth-order valence-corrected chi connectivity index (χ4v) is 3.30. The molecule has 4 nitrogen and oxygen atoms in total. The van der Waals surface area contributed by atoms with E-state index in [1.54, 1.807) is 11.9 Å². The Bertz CT molecular complexity index is 483. The van der Waals surface area contributed by atoms with Crippen molar-refractivity contribution in [3.05, 3.63) is 35.4 Å². The molecule has 0 unspecified atom stereocenters. The molecule has 0 spiro atoms. The van der Waals surface area contributed by atoms with Gasteiger partial charge in [-0.05, 0) is 30.5 Å². The van der Waals surface area contributed by atoms with Crippen LogP contribution in [0.4, 0.5) is 0 Å². The van der Waals surface area contributed by atoms with Crippen LogP contribution in [0.1, 0.15) is 30.0 Å². The Morgan fingerprint density at radius 3 is 2.95 bits per heavy atom. The van der Waals surface area contributed by atoms with E-state index < -0.39 is 6.10 Å². The van der Waals surface area contributed by atoms with Gasteiger partial charge in [-0.2, -0.15) is 0 Å². The topological polar surface area (TPSA) is 52.6 Å². The molecular formula is C15H20N2O2. The maximum Gasteiger partial charge on any atom is 0.240 e. The normalized spacial score (nSPS) is 29.3. The lowest BCUT2D eigenvalue weighted by Crippen LogP contribution is -2.45. The van der Waals surface area contributed by atoms with Gasteiger partial charge >= 0.3 is 0 Å². The SMILES string of the molecule is CN(C(=O)[C@@H]1CCCN1)[C@H]1c2ccccc2C[C@H]1O. The molecule has 1 fully saturated rings. The van der Waals surface area contributed by atoms with Gasteiger partial charge in [0.25, 0.3) is 0 Å². The minimum atomic E-state index is -0.493. The average molecular weight is 260 g/mol. The van der Waals surface area contributed by atoms with Crippen molar-refractivity contribution in [2.45, 2.75) is 37.5 Å². The third kappa shape index (κ3) is 2.15. The Kier molecular flexibility index (Phi) is 3.29. The molecule has 1 saturated heterocycles. The highest BCUT2D eigenvalue weighted by Crippen LogP contribution is 2.35. The fourth-order valence-electron chi connectivity index (χ4n) is 3.30. The van der Waals surface area contributed by atoms with Crippen molar-refractivity contribution in [1.82, 2.24) is 10.2 Å². The summed E-state index contributed by atoms with van der Waals surface area (Å²) in [6.45, 7) is 0.911. The molecule has 102 valence electrons. The maximum atomic E-state index is 12.4. The van der Waals surface area contributed by atoms with Gasteiger partial charge in [0.2, 0.25) is 5.91 Å².